The molecular formula is C35H67Cl2NO4. The third kappa shape index (κ3) is 28.3. The van der Waals surface area contributed by atoms with Crippen LogP contribution in [-0.4, -0.2) is 29.1 Å². The lowest BCUT2D eigenvalue weighted by molar-refractivity contribution is -0.159. The topological polar surface area (TPSA) is 78.6 Å². The average molecular weight is 637 g/mol. The maximum Gasteiger partial charge on any atom is 0.336 e. The van der Waals surface area contributed by atoms with Crippen LogP contribution in [-0.2, 0) is 19.1 Å². The van der Waals surface area contributed by atoms with Gasteiger partial charge in [0.05, 0.1) is 0 Å². The van der Waals surface area contributed by atoms with Crippen LogP contribution in [0, 0.1) is 0 Å². The Hall–Kier alpha value is -0.520. The van der Waals surface area contributed by atoms with Crippen LogP contribution in [0.3, 0.4) is 0 Å². The van der Waals surface area contributed by atoms with Gasteiger partial charge < -0.3 is 15.2 Å². The van der Waals surface area contributed by atoms with Gasteiger partial charge in [-0.3, -0.25) is 0 Å². The lowest BCUT2D eigenvalue weighted by Gasteiger charge is -2.17. The molecule has 0 saturated carbocycles. The van der Waals surface area contributed by atoms with Crippen molar-refractivity contribution in [3.8, 4) is 0 Å². The molecule has 2 atom stereocenters. The van der Waals surface area contributed by atoms with Gasteiger partial charge in [-0.05, 0) is 25.7 Å². The molecule has 250 valence electrons. The van der Waals surface area contributed by atoms with Gasteiger partial charge in [-0.15, -0.1) is 0 Å². The number of unbranched alkanes of at least 4 members (excludes halogenated alkanes) is 24. The Labute approximate surface area is 270 Å². The van der Waals surface area contributed by atoms with E-state index in [0.717, 1.165) is 38.5 Å². The molecule has 0 saturated heterocycles. The summed E-state index contributed by atoms with van der Waals surface area (Å²) in [4.78, 5) is 24.4. The summed E-state index contributed by atoms with van der Waals surface area (Å²) < 4.78 is 10.3. The van der Waals surface area contributed by atoms with E-state index in [1.54, 1.807) is 0 Å². The quantitative estimate of drug-likeness (QED) is 0.0344. The normalized spacial score (nSPS) is 13.5. The van der Waals surface area contributed by atoms with Crippen LogP contribution in [0.25, 0.3) is 0 Å². The number of ether oxygens (including phenoxy) is 2. The summed E-state index contributed by atoms with van der Waals surface area (Å²) in [5.74, 6) is -1.72. The molecule has 0 aliphatic rings. The standard InChI is InChI=1S/C35H67Cl2NO4/c1-3-5-7-9-11-13-15-17-19-21-23-25-27-29-31(36)41-34(39)33(38)35(40)42-32(37)30-28-26-24-22-20-18-16-14-12-10-8-6-4-2/h31-33H,3-30,38H2,1-2H3. The predicted octanol–water partition coefficient (Wildman–Crippen LogP) is 11.5. The fourth-order valence-corrected chi connectivity index (χ4v) is 5.74. The molecule has 0 spiro atoms. The summed E-state index contributed by atoms with van der Waals surface area (Å²) in [5, 5.41) is 0. The number of nitrogens with two attached hydrogens (primary N) is 1. The first-order valence-electron chi connectivity index (χ1n) is 17.9. The number of halogens is 2. The molecule has 0 aromatic rings. The van der Waals surface area contributed by atoms with E-state index >= 15 is 0 Å². The van der Waals surface area contributed by atoms with Gasteiger partial charge >= 0.3 is 11.9 Å². The number of carbonyl (C=O) groups is 2. The third-order valence-electron chi connectivity index (χ3n) is 8.07. The van der Waals surface area contributed by atoms with Gasteiger partial charge in [-0.2, -0.15) is 0 Å². The third-order valence-corrected chi connectivity index (χ3v) is 8.68. The van der Waals surface area contributed by atoms with E-state index in [1.165, 1.54) is 128 Å². The van der Waals surface area contributed by atoms with E-state index in [1.807, 2.05) is 0 Å². The molecule has 7 heteroatoms. The number of alkyl halides is 2. The molecule has 2 unspecified atom stereocenters. The molecule has 0 bridgehead atoms. The molecule has 0 heterocycles. The largest absolute Gasteiger partial charge is 0.444 e. The van der Waals surface area contributed by atoms with E-state index in [0.29, 0.717) is 12.8 Å². The molecule has 0 amide bonds. The van der Waals surface area contributed by atoms with Crippen LogP contribution in [0.15, 0.2) is 0 Å². The first kappa shape index (κ1) is 41.5. The Morgan fingerprint density at radius 3 is 0.905 bits per heavy atom. The first-order chi connectivity index (χ1) is 20.4. The summed E-state index contributed by atoms with van der Waals surface area (Å²) in [5.41, 5.74) is 4.16. The molecule has 5 nitrogen and oxygen atoms in total. The van der Waals surface area contributed by atoms with Crippen LogP contribution in [0.4, 0.5) is 0 Å². The van der Waals surface area contributed by atoms with E-state index in [2.05, 4.69) is 13.8 Å². The van der Waals surface area contributed by atoms with Gasteiger partial charge in [0, 0.05) is 0 Å². The van der Waals surface area contributed by atoms with Crippen molar-refractivity contribution in [1.29, 1.82) is 0 Å². The highest BCUT2D eigenvalue weighted by Gasteiger charge is 2.29. The number of carbonyl (C=O) groups excluding carboxylic acids is 2. The van der Waals surface area contributed by atoms with Crippen molar-refractivity contribution in [3.05, 3.63) is 0 Å². The van der Waals surface area contributed by atoms with Crippen LogP contribution < -0.4 is 5.73 Å². The molecule has 0 radical (unpaired) electrons. The molecule has 0 aromatic heterocycles. The Balaban J connectivity index is 3.67. The predicted molar refractivity (Wildman–Crippen MR) is 180 cm³/mol. The minimum atomic E-state index is -1.52. The lowest BCUT2D eigenvalue weighted by atomic mass is 10.0. The SMILES string of the molecule is CCCCCCCCCCCCCCCC(Cl)OC(=O)C(N)C(=O)OC(Cl)CCCCCCCCCCCCCCC. The molecule has 0 aliphatic carbocycles. The molecular weight excluding hydrogens is 569 g/mol. The number of esters is 2. The fourth-order valence-electron chi connectivity index (χ4n) is 5.26. The number of hydrogen-bond donors (Lipinski definition) is 1. The highest BCUT2D eigenvalue weighted by Crippen LogP contribution is 2.18. The second-order valence-corrected chi connectivity index (χ2v) is 13.2. The van der Waals surface area contributed by atoms with Crippen molar-refractivity contribution in [3.63, 3.8) is 0 Å². The molecule has 0 aliphatic heterocycles. The van der Waals surface area contributed by atoms with Crippen molar-refractivity contribution in [1.82, 2.24) is 0 Å². The molecule has 42 heavy (non-hydrogen) atoms. The maximum absolute atomic E-state index is 12.2. The van der Waals surface area contributed by atoms with E-state index in [-0.39, 0.29) is 0 Å². The Bertz CT molecular complexity index is 558. The van der Waals surface area contributed by atoms with E-state index in [9.17, 15) is 9.59 Å². The minimum Gasteiger partial charge on any atom is -0.444 e. The minimum absolute atomic E-state index is 0.546. The highest BCUT2D eigenvalue weighted by molar-refractivity contribution is 6.21. The monoisotopic (exact) mass is 635 g/mol. The zero-order valence-corrected chi connectivity index (χ0v) is 29.0. The van der Waals surface area contributed by atoms with Gasteiger partial charge in [0.1, 0.15) is 0 Å². The average Bonchev–Trinajstić information content (AvgIpc) is 2.97. The smallest absolute Gasteiger partial charge is 0.336 e. The van der Waals surface area contributed by atoms with Crippen LogP contribution >= 0.6 is 23.2 Å². The van der Waals surface area contributed by atoms with E-state index < -0.39 is 29.1 Å². The van der Waals surface area contributed by atoms with Crippen molar-refractivity contribution >= 4 is 35.1 Å². The Morgan fingerprint density at radius 2 is 0.667 bits per heavy atom. The Kier molecular flexibility index (Phi) is 31.5. The summed E-state index contributed by atoms with van der Waals surface area (Å²) in [6, 6.07) is -1.52. The molecule has 0 aromatic carbocycles. The first-order valence-corrected chi connectivity index (χ1v) is 18.7. The van der Waals surface area contributed by atoms with E-state index in [4.69, 9.17) is 38.4 Å². The van der Waals surface area contributed by atoms with Gasteiger partial charge in [0.2, 0.25) is 6.04 Å². The van der Waals surface area contributed by atoms with Crippen molar-refractivity contribution in [2.24, 2.45) is 5.73 Å². The summed E-state index contributed by atoms with van der Waals surface area (Å²) in [6.45, 7) is 4.51. The van der Waals surface area contributed by atoms with Crippen molar-refractivity contribution in [2.75, 3.05) is 0 Å². The lowest BCUT2D eigenvalue weighted by Crippen LogP contribution is -2.43. The fraction of sp³-hybridized carbons (Fsp3) is 0.943. The zero-order valence-electron chi connectivity index (χ0n) is 27.5. The molecule has 0 rings (SSSR count). The molecule has 2 N–H and O–H groups in total. The van der Waals surface area contributed by atoms with Crippen molar-refractivity contribution < 1.29 is 19.1 Å². The highest BCUT2D eigenvalue weighted by atomic mass is 35.5. The summed E-state index contributed by atoms with van der Waals surface area (Å²) in [6.07, 6.45) is 34.0. The van der Waals surface area contributed by atoms with Gasteiger partial charge in [-0.1, -0.05) is 191 Å². The molecule has 0 fully saturated rings. The van der Waals surface area contributed by atoms with Gasteiger partial charge in [0.15, 0.2) is 11.1 Å². The maximum atomic E-state index is 12.2. The second kappa shape index (κ2) is 31.9. The van der Waals surface area contributed by atoms with Crippen LogP contribution in [0.5, 0.6) is 0 Å². The van der Waals surface area contributed by atoms with Crippen molar-refractivity contribution in [2.45, 2.75) is 211 Å². The van der Waals surface area contributed by atoms with Gasteiger partial charge in [-0.25, -0.2) is 9.59 Å². The summed E-state index contributed by atoms with van der Waals surface area (Å²) >= 11 is 12.3. The van der Waals surface area contributed by atoms with Gasteiger partial charge in [0.25, 0.3) is 0 Å². The zero-order chi connectivity index (χ0) is 31.1. The number of rotatable bonds is 32. The Morgan fingerprint density at radius 1 is 0.452 bits per heavy atom. The second-order valence-electron chi connectivity index (χ2n) is 12.2. The summed E-state index contributed by atoms with van der Waals surface area (Å²) in [7, 11) is 0. The number of hydrogen-bond acceptors (Lipinski definition) is 5. The van der Waals surface area contributed by atoms with Crippen LogP contribution in [0.1, 0.15) is 194 Å². The van der Waals surface area contributed by atoms with Crippen LogP contribution in [0.2, 0.25) is 0 Å².